The van der Waals surface area contributed by atoms with Gasteiger partial charge in [-0.2, -0.15) is 0 Å². The third-order valence-corrected chi connectivity index (χ3v) is 5.02. The fourth-order valence-corrected chi connectivity index (χ4v) is 4.05. The zero-order valence-corrected chi connectivity index (χ0v) is 12.9. The molecule has 108 valence electrons. The van der Waals surface area contributed by atoms with Crippen LogP contribution in [-0.4, -0.2) is 59.7 Å². The smallest absolute Gasteiger partial charge is 0.164 e. The molecule has 3 heterocycles. The maximum Gasteiger partial charge on any atom is 0.164 e. The average molecular weight is 286 g/mol. The number of hydrogen-bond acceptors (Lipinski definition) is 6. The molecule has 0 radical (unpaired) electrons. The molecule has 6 heteroatoms. The van der Waals surface area contributed by atoms with Crippen LogP contribution in [-0.2, 0) is 14.2 Å². The molecule has 0 aromatic carbocycles. The maximum atomic E-state index is 6.16. The molecular weight excluding hydrogens is 264 g/mol. The molecule has 0 saturated carbocycles. The van der Waals surface area contributed by atoms with Crippen LogP contribution in [0.15, 0.2) is 4.99 Å². The summed E-state index contributed by atoms with van der Waals surface area (Å²) >= 11 is 1.69. The summed E-state index contributed by atoms with van der Waals surface area (Å²) in [4.78, 5) is 6.79. The third kappa shape index (κ3) is 2.28. The van der Waals surface area contributed by atoms with E-state index in [-0.39, 0.29) is 29.8 Å². The van der Waals surface area contributed by atoms with Crippen molar-refractivity contribution in [3.8, 4) is 0 Å². The first-order chi connectivity index (χ1) is 8.91. The molecule has 19 heavy (non-hydrogen) atoms. The highest BCUT2D eigenvalue weighted by molar-refractivity contribution is 8.14. The second kappa shape index (κ2) is 4.62. The molecule has 0 aromatic heterocycles. The summed E-state index contributed by atoms with van der Waals surface area (Å²) in [5.74, 6) is -0.540. The van der Waals surface area contributed by atoms with Crippen molar-refractivity contribution in [3.63, 3.8) is 0 Å². The van der Waals surface area contributed by atoms with Gasteiger partial charge < -0.3 is 19.1 Å². The van der Waals surface area contributed by atoms with Gasteiger partial charge in [0, 0.05) is 14.1 Å². The van der Waals surface area contributed by atoms with Crippen molar-refractivity contribution in [2.24, 2.45) is 4.99 Å². The first-order valence-corrected chi connectivity index (χ1v) is 7.72. The second-order valence-electron chi connectivity index (χ2n) is 5.93. The van der Waals surface area contributed by atoms with E-state index >= 15 is 0 Å². The van der Waals surface area contributed by atoms with Crippen LogP contribution in [0.5, 0.6) is 0 Å². The second-order valence-corrected chi connectivity index (χ2v) is 7.00. The van der Waals surface area contributed by atoms with E-state index in [1.807, 2.05) is 32.8 Å². The number of nitrogens with zero attached hydrogens (tertiary/aromatic N) is 2. The van der Waals surface area contributed by atoms with Gasteiger partial charge in [0.25, 0.3) is 0 Å². The molecule has 0 aromatic rings. The Hall–Kier alpha value is -0.300. The number of fused-ring (bicyclic) bond motifs is 3. The molecule has 2 saturated heterocycles. The molecule has 0 aliphatic carbocycles. The average Bonchev–Trinajstić information content (AvgIpc) is 2.87. The number of thioether (sulfide) groups is 1. The Balaban J connectivity index is 1.87. The number of ether oxygens (including phenoxy) is 3. The lowest BCUT2D eigenvalue weighted by Crippen LogP contribution is -2.52. The van der Waals surface area contributed by atoms with E-state index in [1.54, 1.807) is 11.8 Å². The lowest BCUT2D eigenvalue weighted by molar-refractivity contribution is -0.154. The van der Waals surface area contributed by atoms with Crippen LogP contribution in [0.2, 0.25) is 0 Å². The zero-order chi connectivity index (χ0) is 13.8. The third-order valence-electron chi connectivity index (χ3n) is 3.72. The van der Waals surface area contributed by atoms with Crippen molar-refractivity contribution in [2.75, 3.05) is 14.1 Å². The Morgan fingerprint density at radius 1 is 1.26 bits per heavy atom. The minimum absolute atomic E-state index is 0.00338. The van der Waals surface area contributed by atoms with Crippen LogP contribution < -0.4 is 0 Å². The van der Waals surface area contributed by atoms with Crippen molar-refractivity contribution in [1.82, 2.24) is 4.90 Å². The molecule has 3 rings (SSSR count). The normalized spacial score (nSPS) is 43.6. The Morgan fingerprint density at radius 3 is 2.58 bits per heavy atom. The highest BCUT2D eigenvalue weighted by Crippen LogP contribution is 2.45. The predicted octanol–water partition coefficient (Wildman–Crippen LogP) is 1.67. The van der Waals surface area contributed by atoms with Crippen LogP contribution in [0.1, 0.15) is 27.2 Å². The lowest BCUT2D eigenvalue weighted by Gasteiger charge is -2.37. The van der Waals surface area contributed by atoms with Gasteiger partial charge in [0.05, 0.1) is 6.10 Å². The SMILES string of the molecule is CCC1OC2SC(N(C)C)=NC2C2OC(C)(C)OC12. The van der Waals surface area contributed by atoms with E-state index in [0.29, 0.717) is 0 Å². The Bertz CT molecular complexity index is 399. The number of hydrogen-bond donors (Lipinski definition) is 0. The van der Waals surface area contributed by atoms with Crippen molar-refractivity contribution in [1.29, 1.82) is 0 Å². The summed E-state index contributed by atoms with van der Waals surface area (Å²) in [6, 6.07) is 0.0389. The molecule has 3 aliphatic heterocycles. The van der Waals surface area contributed by atoms with Gasteiger partial charge in [0.15, 0.2) is 11.0 Å². The molecule has 0 amide bonds. The Kier molecular flexibility index (Phi) is 3.32. The highest BCUT2D eigenvalue weighted by Gasteiger charge is 2.56. The van der Waals surface area contributed by atoms with E-state index in [4.69, 9.17) is 19.2 Å². The van der Waals surface area contributed by atoms with Gasteiger partial charge >= 0.3 is 0 Å². The van der Waals surface area contributed by atoms with Gasteiger partial charge in [0.2, 0.25) is 0 Å². The molecule has 3 aliphatic rings. The molecular formula is C13H22N2O3S. The molecule has 5 atom stereocenters. The van der Waals surface area contributed by atoms with Crippen molar-refractivity contribution >= 4 is 16.9 Å². The lowest BCUT2D eigenvalue weighted by atomic mass is 9.97. The van der Waals surface area contributed by atoms with Crippen LogP contribution in [0.25, 0.3) is 0 Å². The standard InChI is InChI=1S/C13H22N2O3S/c1-6-7-9-10(18-13(2,3)17-9)8-11(16-7)19-12(14-8)15(4)5/h7-11H,6H2,1-5H3. The monoisotopic (exact) mass is 286 g/mol. The Labute approximate surface area is 118 Å². The van der Waals surface area contributed by atoms with Gasteiger partial charge in [0.1, 0.15) is 23.7 Å². The van der Waals surface area contributed by atoms with Crippen LogP contribution in [0, 0.1) is 0 Å². The first-order valence-electron chi connectivity index (χ1n) is 6.84. The summed E-state index contributed by atoms with van der Waals surface area (Å²) in [5, 5.41) is 1.01. The summed E-state index contributed by atoms with van der Waals surface area (Å²) in [7, 11) is 4.02. The van der Waals surface area contributed by atoms with E-state index in [1.165, 1.54) is 0 Å². The van der Waals surface area contributed by atoms with Crippen molar-refractivity contribution < 1.29 is 14.2 Å². The summed E-state index contributed by atoms with van der Waals surface area (Å²) < 4.78 is 18.3. The largest absolute Gasteiger partial charge is 0.359 e. The van der Waals surface area contributed by atoms with Crippen LogP contribution >= 0.6 is 11.8 Å². The Morgan fingerprint density at radius 2 is 1.95 bits per heavy atom. The van der Waals surface area contributed by atoms with Gasteiger partial charge in [-0.25, -0.2) is 0 Å². The van der Waals surface area contributed by atoms with Gasteiger partial charge in [-0.1, -0.05) is 18.7 Å². The topological polar surface area (TPSA) is 43.3 Å². The molecule has 5 unspecified atom stereocenters. The van der Waals surface area contributed by atoms with E-state index in [2.05, 4.69) is 6.92 Å². The van der Waals surface area contributed by atoms with Crippen molar-refractivity contribution in [2.45, 2.75) is 62.8 Å². The summed E-state index contributed by atoms with van der Waals surface area (Å²) in [6.45, 7) is 6.06. The minimum Gasteiger partial charge on any atom is -0.359 e. The molecule has 0 spiro atoms. The fraction of sp³-hybridized carbons (Fsp3) is 0.923. The maximum absolute atomic E-state index is 6.16. The fourth-order valence-electron chi connectivity index (χ4n) is 2.90. The summed E-state index contributed by atoms with van der Waals surface area (Å²) in [6.07, 6.45) is 1.02. The van der Waals surface area contributed by atoms with Crippen LogP contribution in [0.4, 0.5) is 0 Å². The quantitative estimate of drug-likeness (QED) is 0.733. The van der Waals surface area contributed by atoms with Gasteiger partial charge in [-0.05, 0) is 20.3 Å². The number of aliphatic imine (C=N–C) groups is 1. The molecule has 2 fully saturated rings. The number of rotatable bonds is 1. The molecule has 5 nitrogen and oxygen atoms in total. The van der Waals surface area contributed by atoms with E-state index < -0.39 is 5.79 Å². The first kappa shape index (κ1) is 13.7. The summed E-state index contributed by atoms with van der Waals surface area (Å²) in [5.41, 5.74) is 0.0566. The van der Waals surface area contributed by atoms with Gasteiger partial charge in [-0.15, -0.1) is 0 Å². The van der Waals surface area contributed by atoms with Crippen molar-refractivity contribution in [3.05, 3.63) is 0 Å². The van der Waals surface area contributed by atoms with E-state index in [9.17, 15) is 0 Å². The highest BCUT2D eigenvalue weighted by atomic mass is 32.2. The molecule has 0 bridgehead atoms. The van der Waals surface area contributed by atoms with E-state index in [0.717, 1.165) is 11.6 Å². The minimum atomic E-state index is -0.540. The predicted molar refractivity (Wildman–Crippen MR) is 75.3 cm³/mol. The molecule has 0 N–H and O–H groups in total. The van der Waals surface area contributed by atoms with Gasteiger partial charge in [-0.3, -0.25) is 4.99 Å². The zero-order valence-electron chi connectivity index (χ0n) is 12.1. The van der Waals surface area contributed by atoms with Crippen LogP contribution in [0.3, 0.4) is 0 Å². The number of amidine groups is 1.